The van der Waals surface area contributed by atoms with Crippen molar-refractivity contribution < 1.29 is 0 Å². The Balaban J connectivity index is 1.27. The van der Waals surface area contributed by atoms with E-state index in [0.717, 1.165) is 79.7 Å². The second kappa shape index (κ2) is 9.38. The number of aromatic nitrogens is 5. The highest BCUT2D eigenvalue weighted by Crippen LogP contribution is 2.32. The fourth-order valence-electron chi connectivity index (χ4n) is 6.38. The van der Waals surface area contributed by atoms with Crippen molar-refractivity contribution in [3.8, 4) is 0 Å². The number of hydrogen-bond acceptors (Lipinski definition) is 3. The molecule has 0 N–H and O–H groups in total. The first-order valence-corrected chi connectivity index (χ1v) is 14.4. The molecule has 0 saturated heterocycles. The topological polar surface area (TPSA) is 47.5 Å². The lowest BCUT2D eigenvalue weighted by atomic mass is 10.0. The van der Waals surface area contributed by atoms with Gasteiger partial charge in [-0.2, -0.15) is 0 Å². The fourth-order valence-corrected chi connectivity index (χ4v) is 6.38. The van der Waals surface area contributed by atoms with Gasteiger partial charge in [0.05, 0.1) is 33.3 Å². The molecule has 0 aliphatic heterocycles. The molecule has 0 radical (unpaired) electrons. The van der Waals surface area contributed by atoms with Gasteiger partial charge >= 0.3 is 0 Å². The Bertz CT molecular complexity index is 2340. The quantitative estimate of drug-likeness (QED) is 0.208. The van der Waals surface area contributed by atoms with Crippen LogP contribution < -0.4 is 0 Å². The Hall–Kier alpha value is -5.29. The van der Waals surface area contributed by atoms with Crippen molar-refractivity contribution in [2.24, 2.45) is 0 Å². The molecule has 5 nitrogen and oxygen atoms in total. The van der Waals surface area contributed by atoms with Gasteiger partial charge in [-0.05, 0) is 86.4 Å². The maximum atomic E-state index is 5.12. The summed E-state index contributed by atoms with van der Waals surface area (Å²) in [6, 6.07) is 27.2. The zero-order valence-electron chi connectivity index (χ0n) is 23.7. The van der Waals surface area contributed by atoms with E-state index in [1.165, 1.54) is 16.8 Å². The van der Waals surface area contributed by atoms with Crippen molar-refractivity contribution in [2.45, 2.75) is 26.7 Å². The minimum atomic E-state index is 0.869. The molecule has 4 aromatic heterocycles. The number of benzene rings is 3. The van der Waals surface area contributed by atoms with Crippen LogP contribution in [0.25, 0.3) is 61.2 Å². The largest absolute Gasteiger partial charge is 0.294 e. The second-order valence-electron chi connectivity index (χ2n) is 11.1. The lowest BCUT2D eigenvalue weighted by Crippen LogP contribution is -2.03. The van der Waals surface area contributed by atoms with E-state index < -0.39 is 0 Å². The molecule has 0 bridgehead atoms. The standard InChI is InChI=1S/C37H29N5/c1-23(20-24(2)35-38-29-15-7-5-13-27(29)34-22-26-12-4-10-18-32(26)41(34)35)21-25(3)36-39-30-16-8-6-14-28(30)37-40-31-17-9-11-19-33(31)42(36)37/h5-11,13-22H,2,4,12H2,1,3H3/b23-20-,25-21+. The highest BCUT2D eigenvalue weighted by atomic mass is 15.1. The van der Waals surface area contributed by atoms with Gasteiger partial charge in [0.25, 0.3) is 0 Å². The van der Waals surface area contributed by atoms with Gasteiger partial charge in [0.1, 0.15) is 17.3 Å². The SMILES string of the molecule is C=C(/C=C(C)\C=C(/C)c1nc2ccccc2c2nc3ccccc3n12)c1nc2ccccc2c2cc3c(n12)C=CCC3. The van der Waals surface area contributed by atoms with Crippen molar-refractivity contribution in [1.29, 1.82) is 0 Å². The second-order valence-corrected chi connectivity index (χ2v) is 11.1. The lowest BCUT2D eigenvalue weighted by Gasteiger charge is -2.13. The van der Waals surface area contributed by atoms with Crippen LogP contribution in [0.15, 0.2) is 109 Å². The first kappa shape index (κ1) is 24.5. The average molecular weight is 544 g/mol. The number of para-hydroxylation sites is 4. The van der Waals surface area contributed by atoms with Crippen molar-refractivity contribution in [3.05, 3.63) is 132 Å². The summed E-state index contributed by atoms with van der Waals surface area (Å²) in [6.07, 6.45) is 10.9. The van der Waals surface area contributed by atoms with Crippen molar-refractivity contribution >= 4 is 61.2 Å². The molecule has 0 fully saturated rings. The smallest absolute Gasteiger partial charge is 0.149 e. The average Bonchev–Trinajstić information content (AvgIpc) is 3.60. The summed E-state index contributed by atoms with van der Waals surface area (Å²) >= 11 is 0. The molecule has 202 valence electrons. The Morgan fingerprint density at radius 3 is 2.26 bits per heavy atom. The molecule has 4 heterocycles. The molecule has 7 aromatic rings. The van der Waals surface area contributed by atoms with Crippen molar-refractivity contribution in [3.63, 3.8) is 0 Å². The van der Waals surface area contributed by atoms with E-state index in [0.29, 0.717) is 0 Å². The molecule has 0 saturated carbocycles. The number of fused-ring (bicyclic) bond motifs is 10. The van der Waals surface area contributed by atoms with Crippen LogP contribution in [0.1, 0.15) is 43.2 Å². The highest BCUT2D eigenvalue weighted by molar-refractivity contribution is 5.98. The van der Waals surface area contributed by atoms with Crippen molar-refractivity contribution in [2.75, 3.05) is 0 Å². The summed E-state index contributed by atoms with van der Waals surface area (Å²) in [7, 11) is 0. The van der Waals surface area contributed by atoms with Crippen LogP contribution in [-0.2, 0) is 6.42 Å². The van der Waals surface area contributed by atoms with E-state index in [2.05, 4.69) is 108 Å². The summed E-state index contributed by atoms with van der Waals surface area (Å²) in [4.78, 5) is 15.2. The molecule has 42 heavy (non-hydrogen) atoms. The zero-order valence-corrected chi connectivity index (χ0v) is 23.7. The Labute approximate surface area is 243 Å². The van der Waals surface area contributed by atoms with Crippen LogP contribution in [0.2, 0.25) is 0 Å². The number of nitrogens with zero attached hydrogens (tertiary/aromatic N) is 5. The van der Waals surface area contributed by atoms with Gasteiger partial charge in [-0.3, -0.25) is 8.80 Å². The number of rotatable bonds is 4. The molecule has 1 aliphatic rings. The number of hydrogen-bond donors (Lipinski definition) is 0. The third-order valence-electron chi connectivity index (χ3n) is 8.23. The zero-order chi connectivity index (χ0) is 28.4. The van der Waals surface area contributed by atoms with E-state index in [1.807, 2.05) is 24.3 Å². The molecule has 1 aliphatic carbocycles. The number of imidazole rings is 1. The van der Waals surface area contributed by atoms with Crippen LogP contribution in [0.5, 0.6) is 0 Å². The van der Waals surface area contributed by atoms with Crippen LogP contribution in [0.4, 0.5) is 0 Å². The molecular formula is C37H29N5. The van der Waals surface area contributed by atoms with Gasteiger partial charge in [0.2, 0.25) is 0 Å². The maximum absolute atomic E-state index is 5.12. The highest BCUT2D eigenvalue weighted by Gasteiger charge is 2.18. The fraction of sp³-hybridized carbons (Fsp3) is 0.108. The molecule has 3 aromatic carbocycles. The third-order valence-corrected chi connectivity index (χ3v) is 8.23. The van der Waals surface area contributed by atoms with Crippen LogP contribution >= 0.6 is 0 Å². The summed E-state index contributed by atoms with van der Waals surface area (Å²) in [5.41, 5.74) is 11.6. The van der Waals surface area contributed by atoms with E-state index in [9.17, 15) is 0 Å². The van der Waals surface area contributed by atoms with E-state index in [-0.39, 0.29) is 0 Å². The predicted octanol–water partition coefficient (Wildman–Crippen LogP) is 8.86. The molecule has 0 spiro atoms. The predicted molar refractivity (Wildman–Crippen MR) is 174 cm³/mol. The monoisotopic (exact) mass is 543 g/mol. The first-order valence-electron chi connectivity index (χ1n) is 14.4. The molecule has 0 amide bonds. The number of aryl methyl sites for hydroxylation is 1. The maximum Gasteiger partial charge on any atom is 0.149 e. The minimum Gasteiger partial charge on any atom is -0.294 e. The van der Waals surface area contributed by atoms with Crippen molar-refractivity contribution in [1.82, 2.24) is 23.8 Å². The van der Waals surface area contributed by atoms with Crippen LogP contribution in [0.3, 0.4) is 0 Å². The summed E-state index contributed by atoms with van der Waals surface area (Å²) in [5.74, 6) is 1.75. The normalized spacial score (nSPS) is 14.0. The van der Waals surface area contributed by atoms with Gasteiger partial charge < -0.3 is 0 Å². The van der Waals surface area contributed by atoms with Gasteiger partial charge in [0, 0.05) is 16.3 Å². The summed E-state index contributed by atoms with van der Waals surface area (Å²) in [6.45, 7) is 8.74. The van der Waals surface area contributed by atoms with Gasteiger partial charge in [0.15, 0.2) is 0 Å². The molecular weight excluding hydrogens is 514 g/mol. The van der Waals surface area contributed by atoms with E-state index >= 15 is 0 Å². The van der Waals surface area contributed by atoms with Gasteiger partial charge in [-0.25, -0.2) is 15.0 Å². The molecule has 0 atom stereocenters. The molecule has 0 unspecified atom stereocenters. The van der Waals surface area contributed by atoms with Crippen LogP contribution in [-0.4, -0.2) is 23.8 Å². The third kappa shape index (κ3) is 3.74. The molecule has 8 rings (SSSR count). The number of allylic oxidation sites excluding steroid dienone is 6. The Kier molecular flexibility index (Phi) is 5.47. The summed E-state index contributed by atoms with van der Waals surface area (Å²) in [5, 5.41) is 2.20. The Morgan fingerprint density at radius 1 is 0.738 bits per heavy atom. The Morgan fingerprint density at radius 2 is 1.43 bits per heavy atom. The first-order chi connectivity index (χ1) is 20.6. The summed E-state index contributed by atoms with van der Waals surface area (Å²) < 4.78 is 4.46. The lowest BCUT2D eigenvalue weighted by molar-refractivity contribution is 0.962. The van der Waals surface area contributed by atoms with E-state index in [4.69, 9.17) is 15.0 Å². The minimum absolute atomic E-state index is 0.869. The molecule has 5 heteroatoms. The van der Waals surface area contributed by atoms with Crippen LogP contribution in [0, 0.1) is 0 Å². The van der Waals surface area contributed by atoms with E-state index in [1.54, 1.807) is 0 Å². The van der Waals surface area contributed by atoms with Gasteiger partial charge in [-0.1, -0.05) is 66.8 Å². The van der Waals surface area contributed by atoms with Gasteiger partial charge in [-0.15, -0.1) is 0 Å².